The van der Waals surface area contributed by atoms with Crippen molar-refractivity contribution in [2.75, 3.05) is 0 Å². The maximum absolute atomic E-state index is 13.0. The van der Waals surface area contributed by atoms with Gasteiger partial charge >= 0.3 is 0 Å². The Hall–Kier alpha value is -1.05. The minimum Gasteiger partial charge on any atom is -0.449 e. The molecule has 2 heteroatoms. The average molecular weight is 152 g/mol. The highest BCUT2D eigenvalue weighted by Gasteiger charge is 2.26. The molecule has 0 spiro atoms. The van der Waals surface area contributed by atoms with E-state index in [4.69, 9.17) is 4.74 Å². The molecule has 0 atom stereocenters. The van der Waals surface area contributed by atoms with Crippen molar-refractivity contribution in [2.45, 2.75) is 19.8 Å². The molecular formula is C9H9FO. The van der Waals surface area contributed by atoms with E-state index in [-0.39, 0.29) is 5.82 Å². The SMILES string of the molecule is CCCc1c(F)ccc2c1O2. The van der Waals surface area contributed by atoms with Crippen LogP contribution < -0.4 is 4.74 Å². The molecule has 0 bridgehead atoms. The Bertz CT molecular complexity index is 290. The maximum atomic E-state index is 13.0. The molecule has 58 valence electrons. The standard InChI is InChI=1S/C9H9FO/c1-2-3-6-7(10)4-5-8-9(6)11-8/h4-5H,2-3H2,1H3. The van der Waals surface area contributed by atoms with Gasteiger partial charge in [-0.3, -0.25) is 0 Å². The minimum absolute atomic E-state index is 0.136. The fourth-order valence-electron chi connectivity index (χ4n) is 1.25. The Labute approximate surface area is 64.8 Å². The van der Waals surface area contributed by atoms with Crippen molar-refractivity contribution >= 4 is 0 Å². The number of hydrogen-bond acceptors (Lipinski definition) is 1. The highest BCUT2D eigenvalue weighted by Crippen LogP contribution is 2.49. The Morgan fingerprint density at radius 1 is 1.45 bits per heavy atom. The zero-order chi connectivity index (χ0) is 7.84. The highest BCUT2D eigenvalue weighted by molar-refractivity contribution is 5.59. The monoisotopic (exact) mass is 152 g/mol. The van der Waals surface area contributed by atoms with Crippen LogP contribution in [0.25, 0.3) is 0 Å². The van der Waals surface area contributed by atoms with Gasteiger partial charge in [-0.15, -0.1) is 0 Å². The molecule has 1 aromatic rings. The van der Waals surface area contributed by atoms with Crippen LogP contribution >= 0.6 is 0 Å². The van der Waals surface area contributed by atoms with Gasteiger partial charge in [0.05, 0.1) is 0 Å². The van der Waals surface area contributed by atoms with E-state index < -0.39 is 0 Å². The second-order valence-corrected chi connectivity index (χ2v) is 2.71. The van der Waals surface area contributed by atoms with Gasteiger partial charge in [0.15, 0.2) is 11.5 Å². The summed E-state index contributed by atoms with van der Waals surface area (Å²) in [4.78, 5) is 0. The van der Waals surface area contributed by atoms with Gasteiger partial charge in [-0.25, -0.2) is 4.39 Å². The van der Waals surface area contributed by atoms with Crippen LogP contribution in [-0.2, 0) is 6.42 Å². The molecule has 2 rings (SSSR count). The summed E-state index contributed by atoms with van der Waals surface area (Å²) in [5, 5.41) is 0. The van der Waals surface area contributed by atoms with E-state index in [2.05, 4.69) is 0 Å². The topological polar surface area (TPSA) is 12.5 Å². The van der Waals surface area contributed by atoms with Crippen LogP contribution in [0.15, 0.2) is 12.1 Å². The van der Waals surface area contributed by atoms with Crippen LogP contribution in [0.1, 0.15) is 18.9 Å². The first-order valence-corrected chi connectivity index (χ1v) is 3.82. The Morgan fingerprint density at radius 3 is 3.00 bits per heavy atom. The molecule has 0 saturated carbocycles. The molecule has 0 unspecified atom stereocenters. The van der Waals surface area contributed by atoms with Gasteiger partial charge in [-0.2, -0.15) is 0 Å². The van der Waals surface area contributed by atoms with Crippen molar-refractivity contribution in [3.8, 4) is 11.5 Å². The van der Waals surface area contributed by atoms with Crippen molar-refractivity contribution in [1.82, 2.24) is 0 Å². The fraction of sp³-hybridized carbons (Fsp3) is 0.333. The smallest absolute Gasteiger partial charge is 0.176 e. The van der Waals surface area contributed by atoms with Gasteiger partial charge in [0, 0.05) is 5.56 Å². The zero-order valence-corrected chi connectivity index (χ0v) is 6.36. The molecule has 11 heavy (non-hydrogen) atoms. The molecule has 0 fully saturated rings. The van der Waals surface area contributed by atoms with Gasteiger partial charge in [0.25, 0.3) is 0 Å². The zero-order valence-electron chi connectivity index (χ0n) is 6.36. The van der Waals surface area contributed by atoms with Crippen LogP contribution in [0, 0.1) is 5.82 Å². The summed E-state index contributed by atoms with van der Waals surface area (Å²) < 4.78 is 18.1. The molecule has 1 aromatic carbocycles. The average Bonchev–Trinajstić information content (AvgIpc) is 2.74. The Kier molecular flexibility index (Phi) is 1.34. The van der Waals surface area contributed by atoms with Crippen molar-refractivity contribution in [2.24, 2.45) is 0 Å². The van der Waals surface area contributed by atoms with Crippen molar-refractivity contribution in [1.29, 1.82) is 0 Å². The van der Waals surface area contributed by atoms with Crippen molar-refractivity contribution < 1.29 is 9.13 Å². The van der Waals surface area contributed by atoms with Gasteiger partial charge in [0.2, 0.25) is 0 Å². The summed E-state index contributed by atoms with van der Waals surface area (Å²) in [5.74, 6) is 1.48. The molecule has 1 aliphatic rings. The molecule has 0 N–H and O–H groups in total. The number of fused-ring (bicyclic) bond motifs is 1. The van der Waals surface area contributed by atoms with Crippen LogP contribution in [0.2, 0.25) is 0 Å². The number of benzene rings is 1. The number of halogens is 1. The lowest BCUT2D eigenvalue weighted by Gasteiger charge is -1.94. The van der Waals surface area contributed by atoms with Crippen LogP contribution in [0.5, 0.6) is 11.5 Å². The predicted molar refractivity (Wildman–Crippen MR) is 40.5 cm³/mol. The first-order chi connectivity index (χ1) is 5.33. The second kappa shape index (κ2) is 2.22. The molecule has 1 nitrogen and oxygen atoms in total. The van der Waals surface area contributed by atoms with E-state index in [1.165, 1.54) is 6.07 Å². The third-order valence-corrected chi connectivity index (χ3v) is 1.84. The Morgan fingerprint density at radius 2 is 2.27 bits per heavy atom. The molecule has 1 aliphatic heterocycles. The summed E-state index contributed by atoms with van der Waals surface area (Å²) >= 11 is 0. The van der Waals surface area contributed by atoms with E-state index in [9.17, 15) is 4.39 Å². The molecule has 0 radical (unpaired) electrons. The normalized spacial score (nSPS) is 12.2. The third kappa shape index (κ3) is 0.985. The molecule has 0 aromatic heterocycles. The molecule has 1 heterocycles. The van der Waals surface area contributed by atoms with E-state index in [0.29, 0.717) is 0 Å². The quantitative estimate of drug-likeness (QED) is 0.603. The number of hydrogen-bond donors (Lipinski definition) is 0. The summed E-state index contributed by atoms with van der Waals surface area (Å²) in [6, 6.07) is 3.14. The Balaban J connectivity index is 2.39. The summed E-state index contributed by atoms with van der Waals surface area (Å²) in [6.07, 6.45) is 1.73. The number of ether oxygens (including phenoxy) is 1. The van der Waals surface area contributed by atoms with Crippen LogP contribution in [-0.4, -0.2) is 0 Å². The third-order valence-electron chi connectivity index (χ3n) is 1.84. The van der Waals surface area contributed by atoms with E-state index in [0.717, 1.165) is 29.9 Å². The predicted octanol–water partition coefficient (Wildman–Crippen LogP) is 2.88. The molecule has 0 saturated heterocycles. The first-order valence-electron chi connectivity index (χ1n) is 3.82. The lowest BCUT2D eigenvalue weighted by molar-refractivity contribution is 0.596. The van der Waals surface area contributed by atoms with Crippen molar-refractivity contribution in [3.63, 3.8) is 0 Å². The fourth-order valence-corrected chi connectivity index (χ4v) is 1.25. The number of rotatable bonds is 2. The van der Waals surface area contributed by atoms with Gasteiger partial charge in [-0.05, 0) is 18.6 Å². The van der Waals surface area contributed by atoms with Crippen LogP contribution in [0.4, 0.5) is 4.39 Å². The summed E-state index contributed by atoms with van der Waals surface area (Å²) in [6.45, 7) is 2.03. The largest absolute Gasteiger partial charge is 0.449 e. The van der Waals surface area contributed by atoms with E-state index in [1.807, 2.05) is 6.92 Å². The van der Waals surface area contributed by atoms with E-state index >= 15 is 0 Å². The summed E-state index contributed by atoms with van der Waals surface area (Å²) in [5.41, 5.74) is 0.741. The van der Waals surface area contributed by atoms with E-state index in [1.54, 1.807) is 6.07 Å². The van der Waals surface area contributed by atoms with Crippen LogP contribution in [0.3, 0.4) is 0 Å². The molecule has 0 aliphatic carbocycles. The lowest BCUT2D eigenvalue weighted by Crippen LogP contribution is -1.84. The molecule has 0 amide bonds. The summed E-state index contributed by atoms with van der Waals surface area (Å²) in [7, 11) is 0. The molecular weight excluding hydrogens is 143 g/mol. The lowest BCUT2D eigenvalue weighted by atomic mass is 10.1. The first kappa shape index (κ1) is 6.65. The minimum atomic E-state index is -0.136. The van der Waals surface area contributed by atoms with Gasteiger partial charge < -0.3 is 4.74 Å². The maximum Gasteiger partial charge on any atom is 0.176 e. The van der Waals surface area contributed by atoms with Gasteiger partial charge in [0.1, 0.15) is 5.82 Å². The van der Waals surface area contributed by atoms with Gasteiger partial charge in [-0.1, -0.05) is 13.3 Å². The van der Waals surface area contributed by atoms with Crippen molar-refractivity contribution in [3.05, 3.63) is 23.5 Å². The second-order valence-electron chi connectivity index (χ2n) is 2.71. The highest BCUT2D eigenvalue weighted by atomic mass is 19.1.